The molecule has 15 heavy (non-hydrogen) atoms. The number of piperidine rings is 1. The van der Waals surface area contributed by atoms with E-state index in [1.165, 1.54) is 0 Å². The molecule has 0 bridgehead atoms. The third kappa shape index (κ3) is 2.13. The van der Waals surface area contributed by atoms with Gasteiger partial charge in [0.15, 0.2) is 0 Å². The summed E-state index contributed by atoms with van der Waals surface area (Å²) in [6.45, 7) is 1.60. The largest absolute Gasteiger partial charge is 0.367 e. The normalized spacial score (nSPS) is 21.7. The second-order valence-electron chi connectivity index (χ2n) is 3.75. The molecule has 0 aromatic carbocycles. The van der Waals surface area contributed by atoms with E-state index < -0.39 is 0 Å². The van der Waals surface area contributed by atoms with Crippen LogP contribution in [0.2, 0.25) is 5.02 Å². The van der Waals surface area contributed by atoms with Gasteiger partial charge in [-0.25, -0.2) is 5.10 Å². The molecule has 1 aromatic rings. The van der Waals surface area contributed by atoms with Crippen LogP contribution >= 0.6 is 11.6 Å². The lowest BCUT2D eigenvalue weighted by Crippen LogP contribution is -2.43. The van der Waals surface area contributed by atoms with Gasteiger partial charge in [0.05, 0.1) is 11.9 Å². The number of anilines is 1. The van der Waals surface area contributed by atoms with Crippen molar-refractivity contribution in [2.75, 3.05) is 18.0 Å². The summed E-state index contributed by atoms with van der Waals surface area (Å²) < 4.78 is 0. The van der Waals surface area contributed by atoms with Gasteiger partial charge in [-0.15, -0.1) is 0 Å². The number of aromatic nitrogens is 2. The van der Waals surface area contributed by atoms with Crippen LogP contribution in [-0.2, 0) is 0 Å². The number of hydrogen-bond acceptors (Lipinski definition) is 4. The number of rotatable bonds is 1. The van der Waals surface area contributed by atoms with Crippen LogP contribution < -0.4 is 16.2 Å². The maximum absolute atomic E-state index is 11.3. The fourth-order valence-corrected chi connectivity index (χ4v) is 2.03. The lowest BCUT2D eigenvalue weighted by Gasteiger charge is -2.32. The highest BCUT2D eigenvalue weighted by atomic mass is 35.5. The van der Waals surface area contributed by atoms with Crippen molar-refractivity contribution in [1.82, 2.24) is 10.2 Å². The Morgan fingerprint density at radius 2 is 2.47 bits per heavy atom. The Hall–Kier alpha value is -1.07. The number of hydrogen-bond donors (Lipinski definition) is 2. The zero-order chi connectivity index (χ0) is 10.8. The standard InChI is InChI=1S/C9H13ClN4O/c10-8-7(4-12-13-9(8)15)14-3-1-2-6(11)5-14/h4,6H,1-3,5,11H2,(H,13,15)/t6-/m0/s1. The highest BCUT2D eigenvalue weighted by Gasteiger charge is 2.20. The number of H-pyrrole nitrogens is 1. The summed E-state index contributed by atoms with van der Waals surface area (Å²) >= 11 is 5.91. The van der Waals surface area contributed by atoms with Gasteiger partial charge in [0.1, 0.15) is 5.02 Å². The van der Waals surface area contributed by atoms with Crippen molar-refractivity contribution in [2.45, 2.75) is 18.9 Å². The Balaban J connectivity index is 2.28. The molecule has 0 amide bonds. The molecule has 0 unspecified atom stereocenters. The molecule has 0 saturated carbocycles. The smallest absolute Gasteiger partial charge is 0.285 e. The van der Waals surface area contributed by atoms with Gasteiger partial charge >= 0.3 is 0 Å². The lowest BCUT2D eigenvalue weighted by atomic mass is 10.1. The predicted molar refractivity (Wildman–Crippen MR) is 59.3 cm³/mol. The van der Waals surface area contributed by atoms with Gasteiger partial charge in [0, 0.05) is 19.1 Å². The number of halogens is 1. The molecule has 6 heteroatoms. The van der Waals surface area contributed by atoms with Crippen LogP contribution in [0.1, 0.15) is 12.8 Å². The average Bonchev–Trinajstić information content (AvgIpc) is 2.22. The van der Waals surface area contributed by atoms with Crippen LogP contribution in [0.15, 0.2) is 11.0 Å². The quantitative estimate of drug-likeness (QED) is 0.728. The van der Waals surface area contributed by atoms with Crippen molar-refractivity contribution >= 4 is 17.3 Å². The summed E-state index contributed by atoms with van der Waals surface area (Å²) in [5.74, 6) is 0. The molecule has 2 heterocycles. The van der Waals surface area contributed by atoms with Crippen LogP contribution in [0.25, 0.3) is 0 Å². The molecule has 1 aliphatic heterocycles. The number of nitrogens with one attached hydrogen (secondary N) is 1. The minimum absolute atomic E-state index is 0.147. The second kappa shape index (κ2) is 4.20. The zero-order valence-corrected chi connectivity index (χ0v) is 9.00. The van der Waals surface area contributed by atoms with Crippen molar-refractivity contribution in [3.63, 3.8) is 0 Å². The Labute approximate surface area is 92.2 Å². The van der Waals surface area contributed by atoms with E-state index in [0.717, 1.165) is 25.9 Å². The Kier molecular flexibility index (Phi) is 2.93. The molecule has 3 N–H and O–H groups in total. The minimum Gasteiger partial charge on any atom is -0.367 e. The summed E-state index contributed by atoms with van der Waals surface area (Å²) in [5, 5.41) is 6.23. The molecule has 1 fully saturated rings. The van der Waals surface area contributed by atoms with Gasteiger partial charge < -0.3 is 10.6 Å². The molecule has 1 aliphatic rings. The van der Waals surface area contributed by atoms with Gasteiger partial charge in [0.2, 0.25) is 0 Å². The van der Waals surface area contributed by atoms with E-state index in [9.17, 15) is 4.79 Å². The van der Waals surface area contributed by atoms with E-state index >= 15 is 0 Å². The van der Waals surface area contributed by atoms with Gasteiger partial charge in [-0.1, -0.05) is 11.6 Å². The first kappa shape index (κ1) is 10.4. The highest BCUT2D eigenvalue weighted by Crippen LogP contribution is 2.23. The number of nitrogens with two attached hydrogens (primary N) is 1. The number of nitrogens with zero attached hydrogens (tertiary/aromatic N) is 2. The minimum atomic E-state index is -0.353. The molecular weight excluding hydrogens is 216 g/mol. The Morgan fingerprint density at radius 1 is 1.67 bits per heavy atom. The molecule has 1 saturated heterocycles. The van der Waals surface area contributed by atoms with Crippen molar-refractivity contribution in [1.29, 1.82) is 0 Å². The molecule has 2 rings (SSSR count). The molecule has 1 atom stereocenters. The third-order valence-electron chi connectivity index (χ3n) is 2.58. The molecule has 0 radical (unpaired) electrons. The fraction of sp³-hybridized carbons (Fsp3) is 0.556. The molecule has 5 nitrogen and oxygen atoms in total. The Bertz CT molecular complexity index is 405. The van der Waals surface area contributed by atoms with Gasteiger partial charge in [0.25, 0.3) is 5.56 Å². The van der Waals surface area contributed by atoms with Gasteiger partial charge in [-0.2, -0.15) is 5.10 Å². The van der Waals surface area contributed by atoms with E-state index in [0.29, 0.717) is 5.69 Å². The van der Waals surface area contributed by atoms with Crippen LogP contribution in [0, 0.1) is 0 Å². The summed E-state index contributed by atoms with van der Waals surface area (Å²) in [4.78, 5) is 13.3. The van der Waals surface area contributed by atoms with Crippen molar-refractivity contribution in [3.05, 3.63) is 21.6 Å². The van der Waals surface area contributed by atoms with Crippen molar-refractivity contribution in [3.8, 4) is 0 Å². The number of aromatic amines is 1. The third-order valence-corrected chi connectivity index (χ3v) is 2.94. The molecule has 0 spiro atoms. The van der Waals surface area contributed by atoms with Crippen LogP contribution in [-0.4, -0.2) is 29.3 Å². The fourth-order valence-electron chi connectivity index (χ4n) is 1.82. The highest BCUT2D eigenvalue weighted by molar-refractivity contribution is 6.32. The molecule has 1 aromatic heterocycles. The van der Waals surface area contributed by atoms with Gasteiger partial charge in [-0.05, 0) is 12.8 Å². The van der Waals surface area contributed by atoms with E-state index in [1.54, 1.807) is 6.20 Å². The summed E-state index contributed by atoms with van der Waals surface area (Å²) in [6, 6.07) is 0.147. The van der Waals surface area contributed by atoms with Crippen molar-refractivity contribution in [2.24, 2.45) is 5.73 Å². The van der Waals surface area contributed by atoms with Crippen LogP contribution in [0.3, 0.4) is 0 Å². The van der Waals surface area contributed by atoms with Crippen LogP contribution in [0.4, 0.5) is 5.69 Å². The Morgan fingerprint density at radius 3 is 3.20 bits per heavy atom. The lowest BCUT2D eigenvalue weighted by molar-refractivity contribution is 0.505. The summed E-state index contributed by atoms with van der Waals surface area (Å²) in [7, 11) is 0. The maximum Gasteiger partial charge on any atom is 0.285 e. The first-order chi connectivity index (χ1) is 7.18. The topological polar surface area (TPSA) is 75.0 Å². The van der Waals surface area contributed by atoms with Gasteiger partial charge in [-0.3, -0.25) is 4.79 Å². The molecule has 0 aliphatic carbocycles. The van der Waals surface area contributed by atoms with E-state index in [-0.39, 0.29) is 16.6 Å². The average molecular weight is 229 g/mol. The van der Waals surface area contributed by atoms with Crippen molar-refractivity contribution < 1.29 is 0 Å². The monoisotopic (exact) mass is 228 g/mol. The molecule has 82 valence electrons. The second-order valence-corrected chi connectivity index (χ2v) is 4.12. The SMILES string of the molecule is N[C@H]1CCCN(c2cn[nH]c(=O)c2Cl)C1. The first-order valence-electron chi connectivity index (χ1n) is 4.92. The summed E-state index contributed by atoms with van der Waals surface area (Å²) in [5.41, 5.74) is 6.18. The summed E-state index contributed by atoms with van der Waals surface area (Å²) in [6.07, 6.45) is 3.61. The van der Waals surface area contributed by atoms with E-state index in [1.807, 2.05) is 4.90 Å². The molecular formula is C9H13ClN4O. The zero-order valence-electron chi connectivity index (χ0n) is 8.24. The first-order valence-corrected chi connectivity index (χ1v) is 5.30. The van der Waals surface area contributed by atoms with E-state index in [4.69, 9.17) is 17.3 Å². The predicted octanol–water partition coefficient (Wildman–Crippen LogP) is 0.351. The maximum atomic E-state index is 11.3. The van der Waals surface area contributed by atoms with Crippen LogP contribution in [0.5, 0.6) is 0 Å². The van der Waals surface area contributed by atoms with E-state index in [2.05, 4.69) is 10.2 Å².